The number of nitrogens with two attached hydrogens (primary N) is 1. The molecule has 0 aliphatic carbocycles. The van der Waals surface area contributed by atoms with Gasteiger partial charge in [0.15, 0.2) is 0 Å². The first-order valence-corrected chi connectivity index (χ1v) is 12.0. The Morgan fingerprint density at radius 3 is 2.00 bits per heavy atom. The number of carbonyl (C=O) groups is 3. The van der Waals surface area contributed by atoms with Gasteiger partial charge in [0.05, 0.1) is 12.1 Å². The number of amides is 3. The highest BCUT2D eigenvalue weighted by molar-refractivity contribution is 5.97. The number of hydrogen-bond acceptors (Lipinski definition) is 6. The minimum Gasteiger partial charge on any atom is -0.391 e. The first-order chi connectivity index (χ1) is 18.3. The van der Waals surface area contributed by atoms with Crippen LogP contribution in [0.25, 0.3) is 0 Å². The van der Waals surface area contributed by atoms with Crippen molar-refractivity contribution in [2.75, 3.05) is 5.32 Å². The van der Waals surface area contributed by atoms with Gasteiger partial charge < -0.3 is 21.5 Å². The SMILES string of the molecule is C[C@@H](O)[C@H](NC(=O)c1ccc(C#Cc2ccc(NC(=O)[C@H](N)CCc3ccccc3)cc2)cc1)C(=O)NO. The largest absolute Gasteiger partial charge is 0.391 e. The van der Waals surface area contributed by atoms with E-state index in [9.17, 15) is 19.5 Å². The Kier molecular flexibility index (Phi) is 10.1. The summed E-state index contributed by atoms with van der Waals surface area (Å²) in [7, 11) is 0. The van der Waals surface area contributed by atoms with E-state index in [0.29, 0.717) is 17.7 Å². The highest BCUT2D eigenvalue weighted by atomic mass is 16.5. The minimum absolute atomic E-state index is 0.249. The molecule has 7 N–H and O–H groups in total. The molecule has 3 amide bonds. The molecular weight excluding hydrogens is 484 g/mol. The van der Waals surface area contributed by atoms with Crippen molar-refractivity contribution in [1.82, 2.24) is 10.8 Å². The number of aliphatic hydroxyl groups excluding tert-OH is 1. The molecule has 3 aromatic carbocycles. The number of aliphatic hydroxyl groups is 1. The van der Waals surface area contributed by atoms with E-state index in [1.807, 2.05) is 30.3 Å². The maximum absolute atomic E-state index is 12.4. The molecule has 38 heavy (non-hydrogen) atoms. The molecule has 9 heteroatoms. The van der Waals surface area contributed by atoms with Crippen LogP contribution in [-0.2, 0) is 16.0 Å². The van der Waals surface area contributed by atoms with Crippen LogP contribution in [0.2, 0.25) is 0 Å². The number of hydrogen-bond donors (Lipinski definition) is 6. The zero-order chi connectivity index (χ0) is 27.5. The summed E-state index contributed by atoms with van der Waals surface area (Å²) in [6, 6.07) is 21.4. The van der Waals surface area contributed by atoms with Crippen LogP contribution in [0.3, 0.4) is 0 Å². The maximum atomic E-state index is 12.4. The Morgan fingerprint density at radius 2 is 1.45 bits per heavy atom. The number of aryl methyl sites for hydroxylation is 1. The molecule has 9 nitrogen and oxygen atoms in total. The van der Waals surface area contributed by atoms with Crippen LogP contribution < -0.4 is 21.8 Å². The fourth-order valence-corrected chi connectivity index (χ4v) is 3.52. The van der Waals surface area contributed by atoms with Crippen molar-refractivity contribution in [2.24, 2.45) is 5.73 Å². The first kappa shape index (κ1) is 28.1. The van der Waals surface area contributed by atoms with E-state index in [1.54, 1.807) is 36.4 Å². The number of benzene rings is 3. The normalized spacial score (nSPS) is 12.7. The fraction of sp³-hybridized carbons (Fsp3) is 0.207. The van der Waals surface area contributed by atoms with E-state index >= 15 is 0 Å². The lowest BCUT2D eigenvalue weighted by Crippen LogP contribution is -2.51. The van der Waals surface area contributed by atoms with Crippen LogP contribution in [0.5, 0.6) is 0 Å². The molecule has 0 spiro atoms. The van der Waals surface area contributed by atoms with Gasteiger partial charge in [0.2, 0.25) is 5.91 Å². The Labute approximate surface area is 221 Å². The van der Waals surface area contributed by atoms with Gasteiger partial charge in [0.25, 0.3) is 11.8 Å². The second-order valence-electron chi connectivity index (χ2n) is 8.69. The lowest BCUT2D eigenvalue weighted by Gasteiger charge is -2.19. The number of anilines is 1. The molecule has 0 fully saturated rings. The standard InChI is InChI=1S/C29H30N4O5/c1-19(34)26(29(37)33-38)32-27(35)23-14-9-21(10-15-23)7-8-22-11-16-24(17-12-22)31-28(36)25(30)18-13-20-5-3-2-4-6-20/h2-6,9-12,14-17,19,25-26,34,38H,13,18,30H2,1H3,(H,31,36)(H,32,35)(H,33,37)/t19-,25-,26+/m1/s1. The number of nitrogens with one attached hydrogen (secondary N) is 3. The molecular formula is C29H30N4O5. The van der Waals surface area contributed by atoms with E-state index in [4.69, 9.17) is 10.9 Å². The zero-order valence-electron chi connectivity index (χ0n) is 20.8. The van der Waals surface area contributed by atoms with E-state index in [0.717, 1.165) is 17.5 Å². The second-order valence-corrected chi connectivity index (χ2v) is 8.69. The van der Waals surface area contributed by atoms with Crippen molar-refractivity contribution < 1.29 is 24.7 Å². The van der Waals surface area contributed by atoms with Crippen LogP contribution in [0.15, 0.2) is 78.9 Å². The van der Waals surface area contributed by atoms with E-state index in [-0.39, 0.29) is 11.5 Å². The van der Waals surface area contributed by atoms with E-state index < -0.39 is 30.0 Å². The van der Waals surface area contributed by atoms with Crippen molar-refractivity contribution in [2.45, 2.75) is 38.0 Å². The summed E-state index contributed by atoms with van der Waals surface area (Å²) in [6.45, 7) is 1.32. The quantitative estimate of drug-likeness (QED) is 0.146. The van der Waals surface area contributed by atoms with Gasteiger partial charge in [0.1, 0.15) is 6.04 Å². The van der Waals surface area contributed by atoms with Crippen LogP contribution >= 0.6 is 0 Å². The topological polar surface area (TPSA) is 154 Å². The first-order valence-electron chi connectivity index (χ1n) is 12.0. The summed E-state index contributed by atoms with van der Waals surface area (Å²) in [5.41, 5.74) is 10.9. The van der Waals surface area contributed by atoms with Crippen molar-refractivity contribution in [3.63, 3.8) is 0 Å². The highest BCUT2D eigenvalue weighted by Gasteiger charge is 2.25. The molecule has 0 aliphatic rings. The van der Waals surface area contributed by atoms with Gasteiger partial charge >= 0.3 is 0 Å². The van der Waals surface area contributed by atoms with Gasteiger partial charge in [-0.15, -0.1) is 0 Å². The van der Waals surface area contributed by atoms with Gasteiger partial charge in [-0.2, -0.15) is 0 Å². The third kappa shape index (κ3) is 8.28. The molecule has 0 heterocycles. The smallest absolute Gasteiger partial charge is 0.268 e. The van der Waals surface area contributed by atoms with Crippen molar-refractivity contribution in [3.8, 4) is 11.8 Å². The Balaban J connectivity index is 1.53. The van der Waals surface area contributed by atoms with Gasteiger partial charge in [-0.25, -0.2) is 5.48 Å². The molecule has 0 bridgehead atoms. The molecule has 3 atom stereocenters. The van der Waals surface area contributed by atoms with Crippen LogP contribution in [0, 0.1) is 11.8 Å². The molecule has 0 saturated heterocycles. The summed E-state index contributed by atoms with van der Waals surface area (Å²) < 4.78 is 0. The fourth-order valence-electron chi connectivity index (χ4n) is 3.52. The molecule has 0 unspecified atom stereocenters. The Morgan fingerprint density at radius 1 is 0.868 bits per heavy atom. The number of hydroxylamine groups is 1. The summed E-state index contributed by atoms with van der Waals surface area (Å²) >= 11 is 0. The van der Waals surface area contributed by atoms with E-state index in [2.05, 4.69) is 22.5 Å². The second kappa shape index (κ2) is 13.7. The molecule has 0 radical (unpaired) electrons. The third-order valence-corrected chi connectivity index (χ3v) is 5.74. The van der Waals surface area contributed by atoms with Crippen molar-refractivity contribution >= 4 is 23.4 Å². The van der Waals surface area contributed by atoms with Crippen molar-refractivity contribution in [3.05, 3.63) is 101 Å². The van der Waals surface area contributed by atoms with Crippen LogP contribution in [0.1, 0.15) is 40.4 Å². The summed E-state index contributed by atoms with van der Waals surface area (Å²) in [5.74, 6) is 4.26. The molecule has 0 aliphatic heterocycles. The predicted molar refractivity (Wildman–Crippen MR) is 143 cm³/mol. The lowest BCUT2D eigenvalue weighted by molar-refractivity contribution is -0.133. The number of carbonyl (C=O) groups excluding carboxylic acids is 3. The van der Waals surface area contributed by atoms with Crippen LogP contribution in [-0.4, -0.2) is 46.2 Å². The summed E-state index contributed by atoms with van der Waals surface area (Å²) in [5, 5.41) is 23.6. The molecule has 0 aromatic heterocycles. The average molecular weight is 515 g/mol. The molecule has 0 saturated carbocycles. The molecule has 196 valence electrons. The van der Waals surface area contributed by atoms with Gasteiger partial charge in [0, 0.05) is 22.4 Å². The van der Waals surface area contributed by atoms with E-state index in [1.165, 1.54) is 24.5 Å². The molecule has 3 rings (SSSR count). The summed E-state index contributed by atoms with van der Waals surface area (Å²) in [6.07, 6.45) is 0.0602. The Bertz CT molecular complexity index is 1300. The minimum atomic E-state index is -1.30. The van der Waals surface area contributed by atoms with Gasteiger partial charge in [-0.05, 0) is 73.9 Å². The predicted octanol–water partition coefficient (Wildman–Crippen LogP) is 1.97. The maximum Gasteiger partial charge on any atom is 0.268 e. The monoisotopic (exact) mass is 514 g/mol. The average Bonchev–Trinajstić information content (AvgIpc) is 2.94. The van der Waals surface area contributed by atoms with Crippen molar-refractivity contribution in [1.29, 1.82) is 0 Å². The molecule has 3 aromatic rings. The van der Waals surface area contributed by atoms with Crippen LogP contribution in [0.4, 0.5) is 5.69 Å². The lowest BCUT2D eigenvalue weighted by atomic mass is 10.1. The Hall–Kier alpha value is -4.49. The summed E-state index contributed by atoms with van der Waals surface area (Å²) in [4.78, 5) is 36.4. The number of rotatable bonds is 9. The third-order valence-electron chi connectivity index (χ3n) is 5.74. The zero-order valence-corrected chi connectivity index (χ0v) is 20.8. The van der Waals surface area contributed by atoms with Gasteiger partial charge in [-0.1, -0.05) is 42.2 Å². The van der Waals surface area contributed by atoms with Gasteiger partial charge in [-0.3, -0.25) is 19.6 Å². The highest BCUT2D eigenvalue weighted by Crippen LogP contribution is 2.11.